The van der Waals surface area contributed by atoms with E-state index in [1.165, 1.54) is 11.0 Å². The Balaban J connectivity index is 2.42. The number of nitrogens with one attached hydrogen (secondary N) is 1. The number of aryl methyl sites for hydroxylation is 1. The molecule has 2 amide bonds. The maximum Gasteiger partial charge on any atom is 0.244 e. The number of hydrogen-bond donors (Lipinski definition) is 1. The number of nitrogens with zero attached hydrogens (tertiary/aromatic N) is 2. The van der Waals surface area contributed by atoms with Crippen molar-refractivity contribution in [3.05, 3.63) is 58.6 Å². The average Bonchev–Trinajstić information content (AvgIpc) is 2.81. The summed E-state index contributed by atoms with van der Waals surface area (Å²) in [5.74, 6) is -0.169. The predicted octanol–water partition coefficient (Wildman–Crippen LogP) is 3.76. The fourth-order valence-corrected chi connectivity index (χ4v) is 4.49. The molecule has 0 unspecified atom stereocenters. The molecule has 0 bridgehead atoms. The highest BCUT2D eigenvalue weighted by atomic mass is 35.5. The molecule has 2 aromatic carbocycles. The second-order valence-electron chi connectivity index (χ2n) is 8.56. The highest BCUT2D eigenvalue weighted by Gasteiger charge is 2.31. The Hall–Kier alpha value is -2.78. The van der Waals surface area contributed by atoms with Crippen molar-refractivity contribution in [2.45, 2.75) is 52.7 Å². The molecule has 192 valence electrons. The maximum atomic E-state index is 13.6. The first-order valence-corrected chi connectivity index (χ1v) is 13.6. The summed E-state index contributed by atoms with van der Waals surface area (Å²) in [6, 6.07) is 11.1. The van der Waals surface area contributed by atoms with E-state index in [1.807, 2.05) is 13.8 Å². The molecule has 0 spiro atoms. The Bertz CT molecular complexity index is 1140. The molecule has 0 aliphatic rings. The summed E-state index contributed by atoms with van der Waals surface area (Å²) in [7, 11) is -2.27. The van der Waals surface area contributed by atoms with Crippen LogP contribution in [0.25, 0.3) is 0 Å². The Morgan fingerprint density at radius 1 is 1.11 bits per heavy atom. The normalized spacial score (nSPS) is 13.0. The van der Waals surface area contributed by atoms with Gasteiger partial charge in [0.25, 0.3) is 0 Å². The molecule has 0 heterocycles. The molecule has 35 heavy (non-hydrogen) atoms. The van der Waals surface area contributed by atoms with Crippen LogP contribution < -0.4 is 14.4 Å². The molecule has 1 N–H and O–H groups in total. The Kier molecular flexibility index (Phi) is 9.97. The summed E-state index contributed by atoms with van der Waals surface area (Å²) >= 11 is 6.12. The second-order valence-corrected chi connectivity index (χ2v) is 10.9. The molecular formula is C25H34ClN3O5S. The zero-order valence-electron chi connectivity index (χ0n) is 21.0. The zero-order valence-corrected chi connectivity index (χ0v) is 22.6. The third-order valence-corrected chi connectivity index (χ3v) is 7.16. The van der Waals surface area contributed by atoms with Crippen molar-refractivity contribution in [2.24, 2.45) is 0 Å². The van der Waals surface area contributed by atoms with E-state index in [4.69, 9.17) is 16.3 Å². The standard InChI is InChI=1S/C25H34ClN3O5S/c1-7-18(3)27-25(31)19(4)28(15-20-9-12-22(34-5)13-10-20)24(30)16-29(35(6,32)33)23-14-21(26)11-8-17(23)2/h8-14,18-19H,7,15-16H2,1-6H3,(H,27,31)/t18-,19+/m0/s1. The Morgan fingerprint density at radius 3 is 2.29 bits per heavy atom. The molecule has 2 rings (SSSR count). The van der Waals surface area contributed by atoms with Gasteiger partial charge in [0.05, 0.1) is 19.1 Å². The molecule has 0 aliphatic carbocycles. The van der Waals surface area contributed by atoms with Crippen LogP contribution in [0, 0.1) is 6.92 Å². The number of carbonyl (C=O) groups excluding carboxylic acids is 2. The number of halogens is 1. The van der Waals surface area contributed by atoms with Gasteiger partial charge in [-0.2, -0.15) is 0 Å². The van der Waals surface area contributed by atoms with Gasteiger partial charge in [0.1, 0.15) is 18.3 Å². The molecule has 0 radical (unpaired) electrons. The molecule has 10 heteroatoms. The molecule has 2 atom stereocenters. The van der Waals surface area contributed by atoms with E-state index in [0.29, 0.717) is 22.0 Å². The van der Waals surface area contributed by atoms with Crippen molar-refractivity contribution >= 4 is 39.1 Å². The first kappa shape index (κ1) is 28.5. The van der Waals surface area contributed by atoms with Crippen LogP contribution in [-0.4, -0.2) is 57.1 Å². The number of rotatable bonds is 11. The number of methoxy groups -OCH3 is 1. The topological polar surface area (TPSA) is 96.0 Å². The minimum atomic E-state index is -3.83. The van der Waals surface area contributed by atoms with Gasteiger partial charge in [-0.15, -0.1) is 0 Å². The van der Waals surface area contributed by atoms with Crippen molar-refractivity contribution in [1.82, 2.24) is 10.2 Å². The zero-order chi connectivity index (χ0) is 26.3. The third-order valence-electron chi connectivity index (χ3n) is 5.80. The lowest BCUT2D eigenvalue weighted by Crippen LogP contribution is -2.52. The lowest BCUT2D eigenvalue weighted by molar-refractivity contribution is -0.139. The largest absolute Gasteiger partial charge is 0.497 e. The number of ether oxygens (including phenoxy) is 1. The Labute approximate surface area is 213 Å². The van der Waals surface area contributed by atoms with Gasteiger partial charge in [0, 0.05) is 17.6 Å². The summed E-state index contributed by atoms with van der Waals surface area (Å²) in [6.45, 7) is 6.85. The van der Waals surface area contributed by atoms with Gasteiger partial charge in [-0.25, -0.2) is 8.42 Å². The SMILES string of the molecule is CC[C@H](C)NC(=O)[C@@H](C)N(Cc1ccc(OC)cc1)C(=O)CN(c1cc(Cl)ccc1C)S(C)(=O)=O. The van der Waals surface area contributed by atoms with Crippen molar-refractivity contribution in [1.29, 1.82) is 0 Å². The van der Waals surface area contributed by atoms with Gasteiger partial charge in [-0.3, -0.25) is 13.9 Å². The van der Waals surface area contributed by atoms with Gasteiger partial charge in [0.2, 0.25) is 21.8 Å². The van der Waals surface area contributed by atoms with Crippen LogP contribution in [0.5, 0.6) is 5.75 Å². The molecule has 8 nitrogen and oxygen atoms in total. The lowest BCUT2D eigenvalue weighted by atomic mass is 10.1. The number of hydrogen-bond acceptors (Lipinski definition) is 5. The van der Waals surface area contributed by atoms with E-state index in [2.05, 4.69) is 5.32 Å². The van der Waals surface area contributed by atoms with Crippen LogP contribution in [0.3, 0.4) is 0 Å². The van der Waals surface area contributed by atoms with Crippen molar-refractivity contribution < 1.29 is 22.7 Å². The summed E-state index contributed by atoms with van der Waals surface area (Å²) in [6.07, 6.45) is 1.77. The first-order chi connectivity index (χ1) is 16.4. The number of amides is 2. The van der Waals surface area contributed by atoms with Gasteiger partial charge in [-0.1, -0.05) is 36.7 Å². The van der Waals surface area contributed by atoms with Gasteiger partial charge >= 0.3 is 0 Å². The fourth-order valence-electron chi connectivity index (χ4n) is 3.42. The number of sulfonamides is 1. The minimum Gasteiger partial charge on any atom is -0.497 e. The highest BCUT2D eigenvalue weighted by molar-refractivity contribution is 7.92. The van der Waals surface area contributed by atoms with E-state index in [9.17, 15) is 18.0 Å². The maximum absolute atomic E-state index is 13.6. The summed E-state index contributed by atoms with van der Waals surface area (Å²) in [5, 5.41) is 3.25. The predicted molar refractivity (Wildman–Crippen MR) is 139 cm³/mol. The summed E-state index contributed by atoms with van der Waals surface area (Å²) in [5.41, 5.74) is 1.73. The minimum absolute atomic E-state index is 0.0653. The van der Waals surface area contributed by atoms with Crippen molar-refractivity contribution in [3.8, 4) is 5.75 Å². The second kappa shape index (κ2) is 12.3. The van der Waals surface area contributed by atoms with Crippen LogP contribution in [0.4, 0.5) is 5.69 Å². The number of carbonyl (C=O) groups is 2. The van der Waals surface area contributed by atoms with Crippen LogP contribution in [0.1, 0.15) is 38.3 Å². The first-order valence-electron chi connectivity index (χ1n) is 11.3. The lowest BCUT2D eigenvalue weighted by Gasteiger charge is -2.32. The van der Waals surface area contributed by atoms with Crippen LogP contribution >= 0.6 is 11.6 Å². The van der Waals surface area contributed by atoms with Crippen molar-refractivity contribution in [2.75, 3.05) is 24.2 Å². The molecular weight excluding hydrogens is 490 g/mol. The third kappa shape index (κ3) is 7.86. The van der Waals surface area contributed by atoms with E-state index in [1.54, 1.807) is 57.4 Å². The van der Waals surface area contributed by atoms with Gasteiger partial charge < -0.3 is 15.0 Å². The van der Waals surface area contributed by atoms with E-state index in [-0.39, 0.29) is 18.5 Å². The molecule has 0 saturated heterocycles. The van der Waals surface area contributed by atoms with Gasteiger partial charge in [0.15, 0.2) is 0 Å². The molecule has 0 aromatic heterocycles. The Morgan fingerprint density at radius 2 is 1.74 bits per heavy atom. The van der Waals surface area contributed by atoms with Crippen LogP contribution in [0.2, 0.25) is 5.02 Å². The smallest absolute Gasteiger partial charge is 0.244 e. The van der Waals surface area contributed by atoms with Gasteiger partial charge in [-0.05, 0) is 62.6 Å². The van der Waals surface area contributed by atoms with Crippen LogP contribution in [0.15, 0.2) is 42.5 Å². The van der Waals surface area contributed by atoms with E-state index >= 15 is 0 Å². The summed E-state index contributed by atoms with van der Waals surface area (Å²) in [4.78, 5) is 27.9. The molecule has 0 fully saturated rings. The molecule has 2 aromatic rings. The quantitative estimate of drug-likeness (QED) is 0.484. The fraction of sp³-hybridized carbons (Fsp3) is 0.440. The monoisotopic (exact) mass is 523 g/mol. The molecule has 0 saturated carbocycles. The average molecular weight is 524 g/mol. The molecule has 0 aliphatic heterocycles. The van der Waals surface area contributed by atoms with E-state index in [0.717, 1.165) is 22.5 Å². The van der Waals surface area contributed by atoms with Crippen molar-refractivity contribution in [3.63, 3.8) is 0 Å². The van der Waals surface area contributed by atoms with E-state index < -0.39 is 28.5 Å². The number of anilines is 1. The summed E-state index contributed by atoms with van der Waals surface area (Å²) < 4.78 is 31.6. The highest BCUT2D eigenvalue weighted by Crippen LogP contribution is 2.27. The van der Waals surface area contributed by atoms with Crippen LogP contribution in [-0.2, 0) is 26.2 Å². The number of benzene rings is 2.